The molecule has 2 rings (SSSR count). The van der Waals surface area contributed by atoms with E-state index in [0.29, 0.717) is 36.9 Å². The summed E-state index contributed by atoms with van der Waals surface area (Å²) in [7, 11) is 1.28. The predicted octanol–water partition coefficient (Wildman–Crippen LogP) is 3.86. The lowest BCUT2D eigenvalue weighted by molar-refractivity contribution is -0.485. The third-order valence-corrected chi connectivity index (χ3v) is 5.51. The Morgan fingerprint density at radius 3 is 2.23 bits per heavy atom. The number of methoxy groups -OCH3 is 1. The van der Waals surface area contributed by atoms with Gasteiger partial charge in [-0.2, -0.15) is 0 Å². The molecule has 2 atom stereocenters. The number of carbonyl (C=O) groups is 3. The average Bonchev–Trinajstić information content (AvgIpc) is 2.83. The fourth-order valence-corrected chi connectivity index (χ4v) is 3.71. The van der Waals surface area contributed by atoms with E-state index in [1.165, 1.54) is 19.2 Å². The molecule has 2 N–H and O–H groups in total. The molecule has 2 unspecified atom stereocenters. The van der Waals surface area contributed by atoms with Crippen molar-refractivity contribution in [2.24, 2.45) is 11.8 Å². The lowest BCUT2D eigenvalue weighted by atomic mass is 9.97. The lowest BCUT2D eigenvalue weighted by Gasteiger charge is -2.22. The van der Waals surface area contributed by atoms with E-state index < -0.39 is 41.2 Å². The SMILES string of the molecule is COC(=O)c1ccc(NC(=O)C(CC(C)C)NC(=O)C(CCCc2ccccc2)C[N+](=O)[O-])cc1. The molecule has 2 amide bonds. The fourth-order valence-electron chi connectivity index (χ4n) is 3.71. The molecule has 188 valence electrons. The quantitative estimate of drug-likeness (QED) is 0.253. The van der Waals surface area contributed by atoms with Crippen LogP contribution >= 0.6 is 0 Å². The number of anilines is 1. The largest absolute Gasteiger partial charge is 0.465 e. The first-order chi connectivity index (χ1) is 16.7. The van der Waals surface area contributed by atoms with Crippen molar-refractivity contribution in [3.63, 3.8) is 0 Å². The number of nitrogens with one attached hydrogen (secondary N) is 2. The molecule has 2 aromatic rings. The first-order valence-electron chi connectivity index (χ1n) is 11.6. The number of nitrogens with zero attached hydrogens (tertiary/aromatic N) is 1. The zero-order chi connectivity index (χ0) is 25.8. The van der Waals surface area contributed by atoms with Crippen LogP contribution in [0.15, 0.2) is 54.6 Å². The number of benzene rings is 2. The summed E-state index contributed by atoms with van der Waals surface area (Å²) in [6.07, 6.45) is 2.03. The molecule has 0 spiro atoms. The number of nitro groups is 1. The van der Waals surface area contributed by atoms with E-state index >= 15 is 0 Å². The molecule has 0 aliphatic heterocycles. The van der Waals surface area contributed by atoms with Gasteiger partial charge in [-0.05, 0) is 61.4 Å². The summed E-state index contributed by atoms with van der Waals surface area (Å²) < 4.78 is 4.66. The molecule has 2 aromatic carbocycles. The Bertz CT molecular complexity index is 992. The minimum atomic E-state index is -0.855. The number of rotatable bonds is 13. The van der Waals surface area contributed by atoms with Crippen molar-refractivity contribution >= 4 is 23.5 Å². The minimum absolute atomic E-state index is 0.0970. The summed E-state index contributed by atoms with van der Waals surface area (Å²) in [5.74, 6) is -2.16. The third-order valence-electron chi connectivity index (χ3n) is 5.51. The van der Waals surface area contributed by atoms with Crippen molar-refractivity contribution in [3.05, 3.63) is 75.8 Å². The summed E-state index contributed by atoms with van der Waals surface area (Å²) in [5, 5.41) is 16.7. The zero-order valence-corrected chi connectivity index (χ0v) is 20.4. The van der Waals surface area contributed by atoms with E-state index in [1.807, 2.05) is 44.2 Å². The van der Waals surface area contributed by atoms with Crippen LogP contribution in [0.3, 0.4) is 0 Å². The third kappa shape index (κ3) is 9.56. The fraction of sp³-hybridized carbons (Fsp3) is 0.423. The van der Waals surface area contributed by atoms with Gasteiger partial charge in [0, 0.05) is 10.6 Å². The monoisotopic (exact) mass is 483 g/mol. The van der Waals surface area contributed by atoms with Gasteiger partial charge in [0.05, 0.1) is 12.7 Å². The zero-order valence-electron chi connectivity index (χ0n) is 20.4. The van der Waals surface area contributed by atoms with Crippen molar-refractivity contribution in [1.82, 2.24) is 5.32 Å². The van der Waals surface area contributed by atoms with Gasteiger partial charge in [0.15, 0.2) is 0 Å². The highest BCUT2D eigenvalue weighted by Gasteiger charge is 2.29. The number of ether oxygens (including phenoxy) is 1. The highest BCUT2D eigenvalue weighted by Crippen LogP contribution is 2.16. The Hall–Kier alpha value is -3.75. The molecule has 0 heterocycles. The molecule has 0 aliphatic carbocycles. The summed E-state index contributed by atoms with van der Waals surface area (Å²) >= 11 is 0. The Morgan fingerprint density at radius 1 is 1.00 bits per heavy atom. The number of esters is 1. The molecule has 9 heteroatoms. The van der Waals surface area contributed by atoms with Gasteiger partial charge in [-0.15, -0.1) is 0 Å². The van der Waals surface area contributed by atoms with Gasteiger partial charge in [-0.25, -0.2) is 4.79 Å². The second kappa shape index (κ2) is 13.8. The number of amides is 2. The first kappa shape index (κ1) is 27.5. The molecule has 0 fully saturated rings. The van der Waals surface area contributed by atoms with Crippen LogP contribution in [0.25, 0.3) is 0 Å². The van der Waals surface area contributed by atoms with Crippen molar-refractivity contribution < 1.29 is 24.0 Å². The Kier molecular flexibility index (Phi) is 10.9. The van der Waals surface area contributed by atoms with Crippen molar-refractivity contribution in [2.75, 3.05) is 19.0 Å². The van der Waals surface area contributed by atoms with Crippen LogP contribution in [0, 0.1) is 22.0 Å². The van der Waals surface area contributed by atoms with E-state index in [9.17, 15) is 24.5 Å². The molecule has 0 aliphatic rings. The summed E-state index contributed by atoms with van der Waals surface area (Å²) in [6, 6.07) is 15.0. The van der Waals surface area contributed by atoms with E-state index in [1.54, 1.807) is 12.1 Å². The predicted molar refractivity (Wildman–Crippen MR) is 133 cm³/mol. The van der Waals surface area contributed by atoms with Crippen LogP contribution in [0.4, 0.5) is 5.69 Å². The standard InChI is InChI=1S/C26H33N3O6/c1-18(2)16-23(25(31)27-22-14-12-20(13-15-22)26(32)35-3)28-24(30)21(17-29(33)34)11-7-10-19-8-5-4-6-9-19/h4-6,8-9,12-15,18,21,23H,7,10-11,16-17H2,1-3H3,(H,27,31)(H,28,30). The highest BCUT2D eigenvalue weighted by molar-refractivity contribution is 5.98. The summed E-state index contributed by atoms with van der Waals surface area (Å²) in [6.45, 7) is 3.35. The van der Waals surface area contributed by atoms with Gasteiger partial charge in [0.25, 0.3) is 0 Å². The molecule has 0 aromatic heterocycles. The van der Waals surface area contributed by atoms with Gasteiger partial charge in [-0.3, -0.25) is 19.7 Å². The maximum atomic E-state index is 13.0. The Morgan fingerprint density at radius 2 is 1.66 bits per heavy atom. The van der Waals surface area contributed by atoms with Crippen LogP contribution in [0.5, 0.6) is 0 Å². The highest BCUT2D eigenvalue weighted by atomic mass is 16.6. The molecular formula is C26H33N3O6. The van der Waals surface area contributed by atoms with Crippen LogP contribution in [-0.2, 0) is 20.7 Å². The molecule has 0 saturated heterocycles. The second-order valence-electron chi connectivity index (χ2n) is 8.84. The molecule has 35 heavy (non-hydrogen) atoms. The van der Waals surface area contributed by atoms with E-state index in [0.717, 1.165) is 5.56 Å². The van der Waals surface area contributed by atoms with Gasteiger partial charge in [0.2, 0.25) is 18.4 Å². The van der Waals surface area contributed by atoms with E-state index in [4.69, 9.17) is 0 Å². The molecule has 0 bridgehead atoms. The first-order valence-corrected chi connectivity index (χ1v) is 11.6. The number of hydrogen-bond acceptors (Lipinski definition) is 6. The van der Waals surface area contributed by atoms with Crippen LogP contribution in [0.1, 0.15) is 49.0 Å². The molecular weight excluding hydrogens is 450 g/mol. The molecule has 0 saturated carbocycles. The second-order valence-corrected chi connectivity index (χ2v) is 8.84. The van der Waals surface area contributed by atoms with Gasteiger partial charge < -0.3 is 15.4 Å². The minimum Gasteiger partial charge on any atom is -0.465 e. The van der Waals surface area contributed by atoms with Crippen LogP contribution in [0.2, 0.25) is 0 Å². The average molecular weight is 484 g/mol. The van der Waals surface area contributed by atoms with Crippen molar-refractivity contribution in [1.29, 1.82) is 0 Å². The number of hydrogen-bond donors (Lipinski definition) is 2. The lowest BCUT2D eigenvalue weighted by Crippen LogP contribution is -2.47. The summed E-state index contributed by atoms with van der Waals surface area (Å²) in [5.41, 5.74) is 1.90. The van der Waals surface area contributed by atoms with Gasteiger partial charge in [-0.1, -0.05) is 44.2 Å². The Labute approximate surface area is 205 Å². The van der Waals surface area contributed by atoms with Crippen molar-refractivity contribution in [3.8, 4) is 0 Å². The smallest absolute Gasteiger partial charge is 0.337 e. The normalized spacial score (nSPS) is 12.5. The van der Waals surface area contributed by atoms with E-state index in [-0.39, 0.29) is 5.92 Å². The number of aryl methyl sites for hydroxylation is 1. The van der Waals surface area contributed by atoms with Crippen LogP contribution in [-0.4, -0.2) is 42.4 Å². The maximum absolute atomic E-state index is 13.0. The topological polar surface area (TPSA) is 128 Å². The maximum Gasteiger partial charge on any atom is 0.337 e. The van der Waals surface area contributed by atoms with E-state index in [2.05, 4.69) is 15.4 Å². The van der Waals surface area contributed by atoms with Crippen molar-refractivity contribution in [2.45, 2.75) is 45.6 Å². The summed E-state index contributed by atoms with van der Waals surface area (Å²) in [4.78, 5) is 48.2. The molecule has 9 nitrogen and oxygen atoms in total. The molecule has 0 radical (unpaired) electrons. The van der Waals surface area contributed by atoms with Crippen LogP contribution < -0.4 is 10.6 Å². The van der Waals surface area contributed by atoms with Gasteiger partial charge in [0.1, 0.15) is 12.0 Å². The van der Waals surface area contributed by atoms with Gasteiger partial charge >= 0.3 is 5.97 Å². The Balaban J connectivity index is 2.04. The number of carbonyl (C=O) groups excluding carboxylic acids is 3.